The number of ether oxygens (including phenoxy) is 1. The van der Waals surface area contributed by atoms with Gasteiger partial charge in [0.2, 0.25) is 0 Å². The molecule has 0 saturated carbocycles. The Kier molecular flexibility index (Phi) is 5.90. The molecule has 0 unspecified atom stereocenters. The summed E-state index contributed by atoms with van der Waals surface area (Å²) in [5.41, 5.74) is 2.24. The lowest BCUT2D eigenvalue weighted by Gasteiger charge is -2.17. The monoisotopic (exact) mass is 420 g/mol. The number of hydrogen-bond acceptors (Lipinski definition) is 5. The van der Waals surface area contributed by atoms with E-state index in [1.54, 1.807) is 29.7 Å². The number of hydrogen-bond donors (Lipinski definition) is 2. The highest BCUT2D eigenvalue weighted by Gasteiger charge is 2.22. The summed E-state index contributed by atoms with van der Waals surface area (Å²) in [5.74, 6) is -0.428. The number of rotatable bonds is 7. The van der Waals surface area contributed by atoms with Gasteiger partial charge >= 0.3 is 0 Å². The zero-order chi connectivity index (χ0) is 21.8. The van der Waals surface area contributed by atoms with Crippen LogP contribution in [0, 0.1) is 12.7 Å². The normalized spacial score (nSPS) is 12.0. The van der Waals surface area contributed by atoms with E-state index in [1.807, 2.05) is 30.3 Å². The summed E-state index contributed by atoms with van der Waals surface area (Å²) < 4.78 is 21.2. The minimum absolute atomic E-state index is 0.0691. The van der Waals surface area contributed by atoms with Crippen LogP contribution in [0.5, 0.6) is 5.75 Å². The molecule has 0 spiro atoms. The van der Waals surface area contributed by atoms with Crippen LogP contribution in [-0.2, 0) is 6.61 Å². The number of fused-ring (bicyclic) bond motifs is 1. The maximum atomic E-state index is 13.8. The van der Waals surface area contributed by atoms with Crippen LogP contribution < -0.4 is 10.1 Å². The number of nitrogens with zero attached hydrogens (tertiary/aromatic N) is 3. The van der Waals surface area contributed by atoms with Crippen LogP contribution in [0.25, 0.3) is 5.65 Å². The fraction of sp³-hybridized carbons (Fsp3) is 0.174. The standard InChI is InChI=1S/C23H21FN4O3/c1-15-21(23(30)27-18(13-29)16-7-3-2-4-8-16)28-12-6-10-20(22(28)26-15)31-14-19-17(24)9-5-11-25-19/h2-12,18,29H,13-14H2,1H3,(H,27,30)/t18-/m0/s1. The molecular weight excluding hydrogens is 399 g/mol. The van der Waals surface area contributed by atoms with Crippen molar-refractivity contribution < 1.29 is 19.0 Å². The van der Waals surface area contributed by atoms with E-state index in [4.69, 9.17) is 4.74 Å². The van der Waals surface area contributed by atoms with Crippen molar-refractivity contribution in [3.05, 3.63) is 95.5 Å². The fourth-order valence-electron chi connectivity index (χ4n) is 3.36. The van der Waals surface area contributed by atoms with Crippen molar-refractivity contribution in [2.24, 2.45) is 0 Å². The number of imidazole rings is 1. The third kappa shape index (κ3) is 4.24. The summed E-state index contributed by atoms with van der Waals surface area (Å²) in [6, 6.07) is 14.9. The van der Waals surface area contributed by atoms with Crippen LogP contribution in [0.1, 0.15) is 33.5 Å². The predicted molar refractivity (Wildman–Crippen MR) is 112 cm³/mol. The van der Waals surface area contributed by atoms with E-state index in [0.717, 1.165) is 5.56 Å². The van der Waals surface area contributed by atoms with Crippen LogP contribution >= 0.6 is 0 Å². The van der Waals surface area contributed by atoms with Gasteiger partial charge in [0, 0.05) is 12.4 Å². The molecule has 0 fully saturated rings. The average Bonchev–Trinajstić information content (AvgIpc) is 3.14. The van der Waals surface area contributed by atoms with Gasteiger partial charge in [-0.15, -0.1) is 0 Å². The molecule has 3 heterocycles. The molecule has 7 nitrogen and oxygen atoms in total. The van der Waals surface area contributed by atoms with Crippen molar-refractivity contribution in [2.75, 3.05) is 6.61 Å². The molecule has 31 heavy (non-hydrogen) atoms. The van der Waals surface area contributed by atoms with Gasteiger partial charge in [0.25, 0.3) is 5.91 Å². The molecule has 0 saturated heterocycles. The molecule has 1 amide bonds. The first-order chi connectivity index (χ1) is 15.1. The van der Waals surface area contributed by atoms with Gasteiger partial charge in [-0.1, -0.05) is 30.3 Å². The summed E-state index contributed by atoms with van der Waals surface area (Å²) in [6.07, 6.45) is 3.20. The summed E-state index contributed by atoms with van der Waals surface area (Å²) in [5, 5.41) is 12.6. The average molecular weight is 420 g/mol. The Balaban J connectivity index is 1.60. The van der Waals surface area contributed by atoms with Gasteiger partial charge in [0.15, 0.2) is 11.4 Å². The Labute approximate surface area is 178 Å². The smallest absolute Gasteiger partial charge is 0.270 e. The van der Waals surface area contributed by atoms with Gasteiger partial charge in [-0.25, -0.2) is 9.37 Å². The summed E-state index contributed by atoms with van der Waals surface area (Å²) in [4.78, 5) is 21.5. The van der Waals surface area contributed by atoms with Crippen LogP contribution in [-0.4, -0.2) is 32.0 Å². The number of benzene rings is 1. The van der Waals surface area contributed by atoms with Crippen molar-refractivity contribution in [3.8, 4) is 5.75 Å². The number of carbonyl (C=O) groups excluding carboxylic acids is 1. The first kappa shape index (κ1) is 20.5. The molecule has 1 aromatic carbocycles. The van der Waals surface area contributed by atoms with Crippen molar-refractivity contribution >= 4 is 11.6 Å². The van der Waals surface area contributed by atoms with Crippen molar-refractivity contribution in [1.82, 2.24) is 19.7 Å². The number of halogens is 1. The molecule has 8 heteroatoms. The lowest BCUT2D eigenvalue weighted by atomic mass is 10.1. The second-order valence-electron chi connectivity index (χ2n) is 6.95. The van der Waals surface area contributed by atoms with Crippen LogP contribution in [0.15, 0.2) is 67.0 Å². The van der Waals surface area contributed by atoms with Crippen LogP contribution in [0.3, 0.4) is 0 Å². The molecule has 2 N–H and O–H groups in total. The number of pyridine rings is 2. The molecular formula is C23H21FN4O3. The Morgan fingerprint density at radius 3 is 2.74 bits per heavy atom. The molecule has 1 atom stereocenters. The fourth-order valence-corrected chi connectivity index (χ4v) is 3.36. The SMILES string of the molecule is Cc1nc2c(OCc3ncccc3F)cccn2c1C(=O)N[C@@H](CO)c1ccccc1. The topological polar surface area (TPSA) is 88.8 Å². The van der Waals surface area contributed by atoms with E-state index in [9.17, 15) is 14.3 Å². The Morgan fingerprint density at radius 2 is 2.00 bits per heavy atom. The number of aromatic nitrogens is 3. The molecule has 158 valence electrons. The lowest BCUT2D eigenvalue weighted by Crippen LogP contribution is -2.32. The maximum absolute atomic E-state index is 13.8. The van der Waals surface area contributed by atoms with E-state index < -0.39 is 11.9 Å². The van der Waals surface area contributed by atoms with Crippen molar-refractivity contribution in [1.29, 1.82) is 0 Å². The molecule has 0 aliphatic rings. The highest BCUT2D eigenvalue weighted by atomic mass is 19.1. The number of carbonyl (C=O) groups is 1. The molecule has 0 radical (unpaired) electrons. The van der Waals surface area contributed by atoms with Gasteiger partial charge in [0.1, 0.15) is 23.8 Å². The van der Waals surface area contributed by atoms with E-state index in [1.165, 1.54) is 18.3 Å². The summed E-state index contributed by atoms with van der Waals surface area (Å²) in [7, 11) is 0. The van der Waals surface area contributed by atoms with Gasteiger partial charge < -0.3 is 15.2 Å². The number of aryl methyl sites for hydroxylation is 1. The van der Waals surface area contributed by atoms with Crippen LogP contribution in [0.4, 0.5) is 4.39 Å². The first-order valence-electron chi connectivity index (χ1n) is 9.75. The van der Waals surface area contributed by atoms with E-state index >= 15 is 0 Å². The zero-order valence-corrected chi connectivity index (χ0v) is 16.8. The molecule has 4 rings (SSSR count). The second-order valence-corrected chi connectivity index (χ2v) is 6.95. The van der Waals surface area contributed by atoms with E-state index in [-0.39, 0.29) is 24.8 Å². The minimum Gasteiger partial charge on any atom is -0.483 e. The van der Waals surface area contributed by atoms with Crippen molar-refractivity contribution in [2.45, 2.75) is 19.6 Å². The predicted octanol–water partition coefficient (Wildman–Crippen LogP) is 3.22. The third-order valence-corrected chi connectivity index (χ3v) is 4.89. The quantitative estimate of drug-likeness (QED) is 0.479. The maximum Gasteiger partial charge on any atom is 0.270 e. The number of amides is 1. The highest BCUT2D eigenvalue weighted by molar-refractivity contribution is 5.95. The van der Waals surface area contributed by atoms with Crippen LogP contribution in [0.2, 0.25) is 0 Å². The highest BCUT2D eigenvalue weighted by Crippen LogP contribution is 2.24. The molecule has 0 aliphatic carbocycles. The van der Waals surface area contributed by atoms with Gasteiger partial charge in [-0.3, -0.25) is 14.2 Å². The van der Waals surface area contributed by atoms with Gasteiger partial charge in [0.05, 0.1) is 18.3 Å². The first-order valence-corrected chi connectivity index (χ1v) is 9.75. The molecule has 0 aliphatic heterocycles. The summed E-state index contributed by atoms with van der Waals surface area (Å²) in [6.45, 7) is 1.41. The van der Waals surface area contributed by atoms with E-state index in [0.29, 0.717) is 22.8 Å². The number of nitrogens with one attached hydrogen (secondary N) is 1. The number of aliphatic hydroxyl groups excluding tert-OH is 1. The van der Waals surface area contributed by atoms with Gasteiger partial charge in [-0.2, -0.15) is 0 Å². The largest absolute Gasteiger partial charge is 0.483 e. The Morgan fingerprint density at radius 1 is 1.19 bits per heavy atom. The summed E-state index contributed by atoms with van der Waals surface area (Å²) >= 11 is 0. The minimum atomic E-state index is -0.551. The Bertz CT molecular complexity index is 1210. The molecule has 4 aromatic rings. The molecule has 0 bridgehead atoms. The zero-order valence-electron chi connectivity index (χ0n) is 16.8. The van der Waals surface area contributed by atoms with E-state index in [2.05, 4.69) is 15.3 Å². The second kappa shape index (κ2) is 8.93. The van der Waals surface area contributed by atoms with Gasteiger partial charge in [-0.05, 0) is 36.8 Å². The number of aliphatic hydroxyl groups is 1. The lowest BCUT2D eigenvalue weighted by molar-refractivity contribution is 0.0909. The van der Waals surface area contributed by atoms with Crippen molar-refractivity contribution in [3.63, 3.8) is 0 Å². The third-order valence-electron chi connectivity index (χ3n) is 4.89. The Hall–Kier alpha value is -3.78. The molecule has 3 aromatic heterocycles.